The van der Waals surface area contributed by atoms with Gasteiger partial charge in [-0.2, -0.15) is 13.2 Å². The maximum absolute atomic E-state index is 13.2. The fourth-order valence-electron chi connectivity index (χ4n) is 3.32. The molecule has 0 atom stereocenters. The molecule has 1 aliphatic rings. The maximum Gasteiger partial charge on any atom is 0.418 e. The number of hydrogen-bond acceptors (Lipinski definition) is 4. The molecular weight excluding hydrogens is 439 g/mol. The normalized spacial score (nSPS) is 15.8. The Morgan fingerprint density at radius 3 is 2.50 bits per heavy atom. The standard InChI is InChI=1S/C20H21ClF3N3O2S/c1-12-5-6-16(30-12)19(29)25-13-7-9-27(10-8-13)11-17(28)26-18-14(20(22,23)24)3-2-4-15(18)21/h2-6,13H,7-11H2,1H3,(H,25,29)(H,26,28). The molecule has 1 aliphatic heterocycles. The number of rotatable bonds is 5. The highest BCUT2D eigenvalue weighted by molar-refractivity contribution is 7.13. The highest BCUT2D eigenvalue weighted by atomic mass is 35.5. The third kappa shape index (κ3) is 5.74. The van der Waals surface area contributed by atoms with Gasteiger partial charge in [0.05, 0.1) is 27.7 Å². The number of hydrogen-bond donors (Lipinski definition) is 2. The quantitative estimate of drug-likeness (QED) is 0.689. The zero-order valence-corrected chi connectivity index (χ0v) is 17.8. The summed E-state index contributed by atoms with van der Waals surface area (Å²) in [6.07, 6.45) is -3.31. The minimum absolute atomic E-state index is 0.000354. The minimum Gasteiger partial charge on any atom is -0.349 e. The van der Waals surface area contributed by atoms with Crippen molar-refractivity contribution in [3.63, 3.8) is 0 Å². The number of nitrogens with zero attached hydrogens (tertiary/aromatic N) is 1. The number of anilines is 1. The van der Waals surface area contributed by atoms with Crippen molar-refractivity contribution in [1.82, 2.24) is 10.2 Å². The van der Waals surface area contributed by atoms with Crippen molar-refractivity contribution in [2.45, 2.75) is 32.0 Å². The lowest BCUT2D eigenvalue weighted by molar-refractivity contribution is -0.137. The molecule has 1 aromatic heterocycles. The van der Waals surface area contributed by atoms with Crippen LogP contribution in [0.3, 0.4) is 0 Å². The van der Waals surface area contributed by atoms with E-state index < -0.39 is 23.3 Å². The van der Waals surface area contributed by atoms with E-state index in [1.165, 1.54) is 23.5 Å². The lowest BCUT2D eigenvalue weighted by Gasteiger charge is -2.31. The van der Waals surface area contributed by atoms with Crippen molar-refractivity contribution in [3.8, 4) is 0 Å². The minimum atomic E-state index is -4.62. The molecule has 0 saturated carbocycles. The Balaban J connectivity index is 1.51. The summed E-state index contributed by atoms with van der Waals surface area (Å²) in [7, 11) is 0. The number of carbonyl (C=O) groups is 2. The first-order valence-electron chi connectivity index (χ1n) is 9.38. The number of nitrogens with one attached hydrogen (secondary N) is 2. The summed E-state index contributed by atoms with van der Waals surface area (Å²) in [4.78, 5) is 28.1. The van der Waals surface area contributed by atoms with E-state index in [0.717, 1.165) is 10.9 Å². The number of carbonyl (C=O) groups excluding carboxylic acids is 2. The van der Waals surface area contributed by atoms with Gasteiger partial charge >= 0.3 is 6.18 Å². The van der Waals surface area contributed by atoms with Gasteiger partial charge in [0, 0.05) is 24.0 Å². The van der Waals surface area contributed by atoms with Gasteiger partial charge in [-0.25, -0.2) is 0 Å². The second-order valence-corrected chi connectivity index (χ2v) is 8.84. The molecule has 2 N–H and O–H groups in total. The van der Waals surface area contributed by atoms with Gasteiger partial charge in [0.25, 0.3) is 5.91 Å². The Kier molecular flexibility index (Phi) is 7.05. The summed E-state index contributed by atoms with van der Waals surface area (Å²) >= 11 is 7.31. The van der Waals surface area contributed by atoms with Crippen LogP contribution in [0.4, 0.5) is 18.9 Å². The molecule has 0 spiro atoms. The Morgan fingerprint density at radius 1 is 1.20 bits per heavy atom. The van der Waals surface area contributed by atoms with Crippen LogP contribution in [0, 0.1) is 6.92 Å². The average molecular weight is 460 g/mol. The summed E-state index contributed by atoms with van der Waals surface area (Å²) in [6, 6.07) is 7.06. The summed E-state index contributed by atoms with van der Waals surface area (Å²) in [6.45, 7) is 2.99. The highest BCUT2D eigenvalue weighted by Crippen LogP contribution is 2.38. The molecule has 30 heavy (non-hydrogen) atoms. The van der Waals surface area contributed by atoms with Crippen molar-refractivity contribution in [2.24, 2.45) is 0 Å². The zero-order chi connectivity index (χ0) is 21.9. The monoisotopic (exact) mass is 459 g/mol. The summed E-state index contributed by atoms with van der Waals surface area (Å²) in [5.74, 6) is -0.673. The molecule has 10 heteroatoms. The Hall–Kier alpha value is -2.10. The van der Waals surface area contributed by atoms with Crippen LogP contribution in [0.2, 0.25) is 5.02 Å². The van der Waals surface area contributed by atoms with Crippen LogP contribution in [-0.4, -0.2) is 42.4 Å². The van der Waals surface area contributed by atoms with E-state index in [9.17, 15) is 22.8 Å². The first kappa shape index (κ1) is 22.6. The van der Waals surface area contributed by atoms with Gasteiger partial charge in [-0.3, -0.25) is 14.5 Å². The average Bonchev–Trinajstić information content (AvgIpc) is 3.10. The van der Waals surface area contributed by atoms with Gasteiger partial charge < -0.3 is 10.6 Å². The number of amides is 2. The van der Waals surface area contributed by atoms with Gasteiger partial charge in [0.2, 0.25) is 5.91 Å². The molecule has 2 amide bonds. The molecule has 3 rings (SSSR count). The van der Waals surface area contributed by atoms with Gasteiger partial charge in [0.1, 0.15) is 0 Å². The fraction of sp³-hybridized carbons (Fsp3) is 0.400. The van der Waals surface area contributed by atoms with Gasteiger partial charge in [-0.15, -0.1) is 11.3 Å². The van der Waals surface area contributed by atoms with E-state index in [2.05, 4.69) is 10.6 Å². The number of likely N-dealkylation sites (tertiary alicyclic amines) is 1. The van der Waals surface area contributed by atoms with E-state index in [0.29, 0.717) is 30.8 Å². The van der Waals surface area contributed by atoms with Crippen molar-refractivity contribution in [1.29, 1.82) is 0 Å². The topological polar surface area (TPSA) is 61.4 Å². The number of piperidine rings is 1. The van der Waals surface area contributed by atoms with Crippen molar-refractivity contribution in [3.05, 3.63) is 50.7 Å². The third-order valence-electron chi connectivity index (χ3n) is 4.84. The molecule has 5 nitrogen and oxygen atoms in total. The van der Waals surface area contributed by atoms with Crippen LogP contribution in [0.15, 0.2) is 30.3 Å². The number of thiophene rings is 1. The molecule has 2 aromatic rings. The molecule has 0 unspecified atom stereocenters. The van der Waals surface area contributed by atoms with Crippen molar-refractivity contribution in [2.75, 3.05) is 25.0 Å². The van der Waals surface area contributed by atoms with E-state index >= 15 is 0 Å². The van der Waals surface area contributed by atoms with Gasteiger partial charge in [-0.1, -0.05) is 17.7 Å². The van der Waals surface area contributed by atoms with E-state index in [1.54, 1.807) is 6.07 Å². The maximum atomic E-state index is 13.2. The number of alkyl halides is 3. The van der Waals surface area contributed by atoms with Crippen LogP contribution in [0.1, 0.15) is 33.0 Å². The number of benzene rings is 1. The SMILES string of the molecule is Cc1ccc(C(=O)NC2CCN(CC(=O)Nc3c(Cl)cccc3C(F)(F)F)CC2)s1. The first-order valence-corrected chi connectivity index (χ1v) is 10.6. The Labute approximate surface area is 181 Å². The molecule has 0 radical (unpaired) electrons. The largest absolute Gasteiger partial charge is 0.418 e. The van der Waals surface area contributed by atoms with Crippen LogP contribution in [0.25, 0.3) is 0 Å². The molecular formula is C20H21ClF3N3O2S. The molecule has 1 aromatic carbocycles. The summed E-state index contributed by atoms with van der Waals surface area (Å²) in [5.41, 5.74) is -1.40. The van der Waals surface area contributed by atoms with Crippen LogP contribution >= 0.6 is 22.9 Å². The van der Waals surface area contributed by atoms with Crippen LogP contribution < -0.4 is 10.6 Å². The van der Waals surface area contributed by atoms with Crippen LogP contribution in [0.5, 0.6) is 0 Å². The fourth-order valence-corrected chi connectivity index (χ4v) is 4.31. The molecule has 162 valence electrons. The smallest absolute Gasteiger partial charge is 0.349 e. The van der Waals surface area contributed by atoms with E-state index in [-0.39, 0.29) is 23.5 Å². The van der Waals surface area contributed by atoms with Crippen molar-refractivity contribution >= 4 is 40.4 Å². The molecule has 1 saturated heterocycles. The number of aryl methyl sites for hydroxylation is 1. The van der Waals surface area contributed by atoms with Gasteiger partial charge in [0.15, 0.2) is 0 Å². The summed E-state index contributed by atoms with van der Waals surface area (Å²) < 4.78 is 39.5. The van der Waals surface area contributed by atoms with Gasteiger partial charge in [-0.05, 0) is 44.0 Å². The van der Waals surface area contributed by atoms with Crippen LogP contribution in [-0.2, 0) is 11.0 Å². The molecule has 0 aliphatic carbocycles. The van der Waals surface area contributed by atoms with Crippen molar-refractivity contribution < 1.29 is 22.8 Å². The zero-order valence-electron chi connectivity index (χ0n) is 16.2. The molecule has 0 bridgehead atoms. The predicted octanol–water partition coefficient (Wildman–Crippen LogP) is 4.56. The number of halogens is 4. The first-order chi connectivity index (χ1) is 14.1. The third-order valence-corrected chi connectivity index (χ3v) is 6.15. The van der Waals surface area contributed by atoms with E-state index in [4.69, 9.17) is 11.6 Å². The second-order valence-electron chi connectivity index (χ2n) is 7.14. The molecule has 1 fully saturated rings. The second kappa shape index (κ2) is 9.36. The lowest BCUT2D eigenvalue weighted by atomic mass is 10.0. The summed E-state index contributed by atoms with van der Waals surface area (Å²) in [5, 5.41) is 5.13. The number of para-hydroxylation sites is 1. The predicted molar refractivity (Wildman–Crippen MR) is 111 cm³/mol. The highest BCUT2D eigenvalue weighted by Gasteiger charge is 2.35. The van der Waals surface area contributed by atoms with E-state index in [1.807, 2.05) is 17.9 Å². The molecule has 2 heterocycles. The Morgan fingerprint density at radius 2 is 1.90 bits per heavy atom. The lowest BCUT2D eigenvalue weighted by Crippen LogP contribution is -2.46. The Bertz CT molecular complexity index is 924.